The van der Waals surface area contributed by atoms with Crippen LogP contribution in [-0.4, -0.2) is 108 Å². The number of aromatic amines is 1. The van der Waals surface area contributed by atoms with Gasteiger partial charge in [-0.05, 0) is 270 Å². The van der Waals surface area contributed by atoms with Gasteiger partial charge in [-0.1, -0.05) is 217 Å². The van der Waals surface area contributed by atoms with Gasteiger partial charge < -0.3 is 14.6 Å². The summed E-state index contributed by atoms with van der Waals surface area (Å²) in [6.45, 7) is 22.1. The Morgan fingerprint density at radius 1 is 0.371 bits per heavy atom. The lowest BCUT2D eigenvalue weighted by atomic mass is 9.99. The van der Waals surface area contributed by atoms with Crippen molar-refractivity contribution >= 4 is 140 Å². The summed E-state index contributed by atoms with van der Waals surface area (Å²) >= 11 is 16.3. The van der Waals surface area contributed by atoms with E-state index in [1.807, 2.05) is 150 Å². The second-order valence-electron chi connectivity index (χ2n) is 33.4. The van der Waals surface area contributed by atoms with Gasteiger partial charge in [0.1, 0.15) is 25.4 Å². The molecule has 0 aliphatic heterocycles. The van der Waals surface area contributed by atoms with Gasteiger partial charge >= 0.3 is 17.9 Å². The van der Waals surface area contributed by atoms with Gasteiger partial charge in [0.05, 0.1) is 22.7 Å². The first kappa shape index (κ1) is 81.6. The summed E-state index contributed by atoms with van der Waals surface area (Å²) in [4.78, 5) is 37.6. The maximum atomic E-state index is 13.0. The van der Waals surface area contributed by atoms with E-state index in [4.69, 9.17) is 21.7 Å². The Hall–Kier alpha value is -9.56. The van der Waals surface area contributed by atoms with Crippen molar-refractivity contribution in [2.24, 2.45) is 0 Å². The van der Waals surface area contributed by atoms with Crippen LogP contribution >= 0.6 is 79.4 Å². The lowest BCUT2D eigenvalue weighted by Gasteiger charge is -2.27. The predicted molar refractivity (Wildman–Crippen MR) is 476 cm³/mol. The first-order valence-electron chi connectivity index (χ1n) is 39.2. The van der Waals surface area contributed by atoms with E-state index in [9.17, 15) is 19.5 Å². The molecule has 4 aliphatic carbocycles. The molecule has 0 saturated heterocycles. The van der Waals surface area contributed by atoms with E-state index < -0.39 is 31.4 Å². The summed E-state index contributed by atoms with van der Waals surface area (Å²) in [7, 11) is 0. The van der Waals surface area contributed by atoms with Crippen LogP contribution in [0, 0.1) is 4.77 Å². The fourth-order valence-corrected chi connectivity index (χ4v) is 18.4. The maximum Gasteiger partial charge on any atom is 0.322 e. The van der Waals surface area contributed by atoms with Crippen LogP contribution in [0.15, 0.2) is 231 Å². The molecular formula is C92H92Br2N12O6S4. The highest BCUT2D eigenvalue weighted by Gasteiger charge is 2.40. The minimum absolute atomic E-state index is 0.278. The van der Waals surface area contributed by atoms with Crippen molar-refractivity contribution in [2.45, 2.75) is 199 Å². The Balaban J connectivity index is 0.000000123. The van der Waals surface area contributed by atoms with Crippen molar-refractivity contribution in [2.75, 3.05) is 0 Å². The highest BCUT2D eigenvalue weighted by atomic mass is 79.9. The maximum absolute atomic E-state index is 13.0. The molecule has 18 rings (SSSR count). The topological polar surface area (TPSA) is 216 Å². The van der Waals surface area contributed by atoms with Gasteiger partial charge in [0.25, 0.3) is 0 Å². The average Bonchev–Trinajstić information content (AvgIpc) is 1.31. The normalized spacial score (nSPS) is 14.5. The third kappa shape index (κ3) is 18.0. The molecule has 18 nitrogen and oxygen atoms in total. The van der Waals surface area contributed by atoms with Crippen molar-refractivity contribution in [3.05, 3.63) is 243 Å². The van der Waals surface area contributed by atoms with Crippen molar-refractivity contribution < 1.29 is 29.0 Å². The van der Waals surface area contributed by atoms with Crippen LogP contribution in [0.2, 0.25) is 0 Å². The zero-order valence-electron chi connectivity index (χ0n) is 66.9. The monoisotopic (exact) mass is 1750 g/mol. The number of aliphatic carboxylic acids is 1. The Kier molecular flexibility index (Phi) is 23.3. The van der Waals surface area contributed by atoms with Gasteiger partial charge in [0.2, 0.25) is 14.2 Å². The molecule has 4 heterocycles. The fraction of sp³-hybridized carbons (Fsp3) is 0.315. The Morgan fingerprint density at radius 2 is 0.655 bits per heavy atom. The number of carboxylic acid groups (broad SMARTS) is 1. The number of H-pyrrole nitrogens is 1. The molecule has 4 aromatic heterocycles. The molecule has 0 bridgehead atoms. The van der Waals surface area contributed by atoms with Gasteiger partial charge in [-0.25, -0.2) is 0 Å². The van der Waals surface area contributed by atoms with Crippen LogP contribution in [0.4, 0.5) is 0 Å². The lowest BCUT2D eigenvalue weighted by Crippen LogP contribution is -2.36. The number of fused-ring (bicyclic) bond motifs is 4. The summed E-state index contributed by atoms with van der Waals surface area (Å²) in [6.07, 6.45) is 10.1. The lowest BCUT2D eigenvalue weighted by molar-refractivity contribution is -0.157. The molecule has 24 heteroatoms. The first-order chi connectivity index (χ1) is 55.4. The van der Waals surface area contributed by atoms with Gasteiger partial charge in [-0.3, -0.25) is 37.8 Å². The second-order valence-corrected chi connectivity index (χ2v) is 39.9. The predicted octanol–water partition coefficient (Wildman–Crippen LogP) is 24.1. The molecule has 0 unspecified atom stereocenters. The van der Waals surface area contributed by atoms with Crippen molar-refractivity contribution in [1.82, 2.24) is 59.1 Å². The second kappa shape index (κ2) is 33.1. The number of nitrogens with one attached hydrogen (secondary N) is 1. The van der Waals surface area contributed by atoms with Gasteiger partial charge in [0.15, 0.2) is 27.1 Å². The number of rotatable bonds is 19. The van der Waals surface area contributed by atoms with Crippen molar-refractivity contribution in [1.29, 1.82) is 0 Å². The standard InChI is InChI=1S/C29H31N3O2S.C25H23N3O2S.C23H26BrN3O2S.C15H12BrN3S/c1-28(2,3)34-26(33)29(4,5)35-27-31-30-25(20-11-7-6-8-12-20)32(27)24-18-17-21(19-15-16-19)22-13-9-10-14-23(22)24;1-25(2,23(29)30)31-24-27-26-22(17-8-4-3-5-9-17)28(24)21-15-14-18(16-12-13-16)19-10-6-7-11-20(19)21;1-22(2,3)29-19(28)23(4,5)30-21-26-25-20(24)27(21)18-13-12-15(14-10-11-14)16-8-6-7-9-17(16)18;16-14-17-18-15(20)19(14)13-8-7-10(9-5-6-9)11-3-1-2-4-12(11)13/h6-14,17-19H,15-16H2,1-5H3;3-11,14-16H,12-13H2,1-2H3,(H,29,30);6-9,12-14H,10-11H2,1-5H3;1-4,7-9H,5-6H2,(H,18,20). The van der Waals surface area contributed by atoms with E-state index in [-0.39, 0.29) is 11.9 Å². The van der Waals surface area contributed by atoms with E-state index in [0.29, 0.717) is 53.3 Å². The van der Waals surface area contributed by atoms with Crippen molar-refractivity contribution in [3.63, 3.8) is 0 Å². The molecule has 0 amide bonds. The summed E-state index contributed by atoms with van der Waals surface area (Å²) in [6, 6.07) is 71.4. The number of nitrogens with zero attached hydrogens (tertiary/aromatic N) is 11. The molecule has 4 fully saturated rings. The zero-order chi connectivity index (χ0) is 81.8. The number of hydrogen-bond donors (Lipinski definition) is 2. The highest BCUT2D eigenvalue weighted by molar-refractivity contribution is 9.10. The van der Waals surface area contributed by atoms with Crippen molar-refractivity contribution in [3.8, 4) is 45.5 Å². The largest absolute Gasteiger partial charge is 0.480 e. The van der Waals surface area contributed by atoms with Crippen LogP contribution in [0.25, 0.3) is 88.6 Å². The SMILES string of the molecule is CC(C)(C)OC(=O)C(C)(C)Sc1nnc(-c2ccccc2)n1-c1ccc(C2CC2)c2ccccc12.CC(C)(C)OC(=O)C(C)(C)Sc1nnc(Br)n1-c1ccc(C2CC2)c2ccccc12.CC(C)(Sc1nnc(-c2ccccc2)n1-c1ccc(C2CC2)c2ccccc12)C(=O)O.S=c1[nH]nc(Br)n1-c1ccc(C2CC2)c2ccccc12. The quantitative estimate of drug-likeness (QED) is 0.0437. The van der Waals surface area contributed by atoms with Crippen LogP contribution in [0.5, 0.6) is 0 Å². The summed E-state index contributed by atoms with van der Waals surface area (Å²) in [5.74, 6) is 2.67. The molecule has 4 saturated carbocycles. The number of esters is 2. The molecule has 0 spiro atoms. The highest BCUT2D eigenvalue weighted by Crippen LogP contribution is 2.50. The van der Waals surface area contributed by atoms with E-state index >= 15 is 0 Å². The van der Waals surface area contributed by atoms with Gasteiger partial charge in [-0.15, -0.1) is 35.7 Å². The van der Waals surface area contributed by atoms with Crippen LogP contribution in [-0.2, 0) is 23.9 Å². The molecule has 0 atom stereocenters. The molecule has 2 N–H and O–H groups in total. The molecular weight excluding hydrogens is 1660 g/mol. The molecule has 0 radical (unpaired) electrons. The summed E-state index contributed by atoms with van der Waals surface area (Å²) in [5.41, 5.74) is 10.5. The third-order valence-corrected chi connectivity index (χ3v) is 25.4. The van der Waals surface area contributed by atoms with Crippen LogP contribution in [0.1, 0.15) is 180 Å². The van der Waals surface area contributed by atoms with Crippen LogP contribution < -0.4 is 0 Å². The number of benzene rings is 10. The summed E-state index contributed by atoms with van der Waals surface area (Å²) < 4.78 is 18.5. The molecule has 10 aromatic carbocycles. The molecule has 4 aliphatic rings. The minimum atomic E-state index is -1.04. The summed E-state index contributed by atoms with van der Waals surface area (Å²) in [5, 5.41) is 54.9. The molecule has 594 valence electrons. The van der Waals surface area contributed by atoms with E-state index in [1.165, 1.54) is 136 Å². The number of thioether (sulfide) groups is 3. The van der Waals surface area contributed by atoms with E-state index in [0.717, 1.165) is 61.8 Å². The minimum Gasteiger partial charge on any atom is -0.480 e. The van der Waals surface area contributed by atoms with E-state index in [2.05, 4.69) is 217 Å². The average molecular weight is 1750 g/mol. The Morgan fingerprint density at radius 3 is 0.957 bits per heavy atom. The number of aromatic nitrogens is 12. The number of hydrogen-bond acceptors (Lipinski definition) is 16. The molecule has 116 heavy (non-hydrogen) atoms. The third-order valence-electron chi connectivity index (χ3n) is 20.7. The number of carboxylic acids is 1. The Bertz CT molecular complexity index is 6100. The van der Waals surface area contributed by atoms with Gasteiger partial charge in [-0.2, -0.15) is 0 Å². The zero-order valence-corrected chi connectivity index (χ0v) is 73.3. The number of carbonyl (C=O) groups excluding carboxylic acids is 2. The first-order valence-corrected chi connectivity index (χ1v) is 43.7. The number of carbonyl (C=O) groups is 3. The smallest absolute Gasteiger partial charge is 0.322 e. The Labute approximate surface area is 710 Å². The molecule has 14 aromatic rings. The number of ether oxygens (including phenoxy) is 2. The van der Waals surface area contributed by atoms with Gasteiger partial charge in [0, 0.05) is 32.7 Å². The number of halogens is 2. The van der Waals surface area contributed by atoms with Crippen LogP contribution in [0.3, 0.4) is 0 Å². The fourth-order valence-electron chi connectivity index (χ4n) is 14.3. The van der Waals surface area contributed by atoms with E-state index in [1.54, 1.807) is 13.8 Å².